The molecule has 0 aliphatic carbocycles. The van der Waals surface area contributed by atoms with Gasteiger partial charge in [0.05, 0.1) is 5.69 Å². The van der Waals surface area contributed by atoms with Crippen molar-refractivity contribution in [3.05, 3.63) is 86.9 Å². The van der Waals surface area contributed by atoms with E-state index in [1.54, 1.807) is 35.4 Å². The fourth-order valence-corrected chi connectivity index (χ4v) is 4.63. The number of pyridine rings is 1. The number of benzene rings is 2. The van der Waals surface area contributed by atoms with Crippen molar-refractivity contribution < 1.29 is 9.18 Å². The van der Waals surface area contributed by atoms with Crippen molar-refractivity contribution in [2.24, 2.45) is 0 Å². The maximum atomic E-state index is 13.5. The first kappa shape index (κ1) is 21.9. The second-order valence-electron chi connectivity index (χ2n) is 7.48. The SMILES string of the molecule is O=CN1CCC(c2ccc(F)cc2)C(c2cnc(Cl)c(Cl)c2Nc2cccc(Cl)c2)C1. The fourth-order valence-electron chi connectivity index (χ4n) is 4.09. The third-order valence-electron chi connectivity index (χ3n) is 5.59. The molecule has 160 valence electrons. The molecule has 0 bridgehead atoms. The van der Waals surface area contributed by atoms with Crippen molar-refractivity contribution in [2.75, 3.05) is 18.4 Å². The highest BCUT2D eigenvalue weighted by atomic mass is 35.5. The summed E-state index contributed by atoms with van der Waals surface area (Å²) in [6, 6.07) is 13.8. The predicted octanol–water partition coefficient (Wildman–Crippen LogP) is 6.65. The Morgan fingerprint density at radius 2 is 1.87 bits per heavy atom. The summed E-state index contributed by atoms with van der Waals surface area (Å²) in [6.45, 7) is 1.10. The van der Waals surface area contributed by atoms with Crippen molar-refractivity contribution in [1.82, 2.24) is 9.88 Å². The molecule has 0 radical (unpaired) electrons. The van der Waals surface area contributed by atoms with Gasteiger partial charge in [-0.25, -0.2) is 9.37 Å². The summed E-state index contributed by atoms with van der Waals surface area (Å²) >= 11 is 18.9. The highest BCUT2D eigenvalue weighted by Crippen LogP contribution is 2.45. The highest BCUT2D eigenvalue weighted by molar-refractivity contribution is 6.43. The van der Waals surface area contributed by atoms with Gasteiger partial charge < -0.3 is 10.2 Å². The lowest BCUT2D eigenvalue weighted by atomic mass is 9.76. The maximum Gasteiger partial charge on any atom is 0.209 e. The average Bonchev–Trinajstić information content (AvgIpc) is 2.77. The van der Waals surface area contributed by atoms with Gasteiger partial charge in [0.2, 0.25) is 6.41 Å². The predicted molar refractivity (Wildman–Crippen MR) is 123 cm³/mol. The monoisotopic (exact) mass is 477 g/mol. The van der Waals surface area contributed by atoms with Crippen LogP contribution in [0, 0.1) is 5.82 Å². The molecule has 8 heteroatoms. The van der Waals surface area contributed by atoms with E-state index in [9.17, 15) is 9.18 Å². The first-order chi connectivity index (χ1) is 15.0. The van der Waals surface area contributed by atoms with Crippen molar-refractivity contribution in [3.8, 4) is 0 Å². The molecule has 0 spiro atoms. The van der Waals surface area contributed by atoms with E-state index in [0.29, 0.717) is 28.8 Å². The molecule has 1 N–H and O–H groups in total. The Bertz CT molecular complexity index is 1090. The van der Waals surface area contributed by atoms with Crippen LogP contribution < -0.4 is 5.32 Å². The van der Waals surface area contributed by atoms with Crippen molar-refractivity contribution in [1.29, 1.82) is 0 Å². The second kappa shape index (κ2) is 9.43. The van der Waals surface area contributed by atoms with Crippen LogP contribution in [-0.2, 0) is 4.79 Å². The molecule has 2 atom stereocenters. The molecule has 2 aromatic carbocycles. The number of carbonyl (C=O) groups is 1. The summed E-state index contributed by atoms with van der Waals surface area (Å²) < 4.78 is 13.5. The van der Waals surface area contributed by atoms with E-state index < -0.39 is 0 Å². The Morgan fingerprint density at radius 1 is 1.10 bits per heavy atom. The third kappa shape index (κ3) is 4.79. The van der Waals surface area contributed by atoms with Gasteiger partial charge in [0, 0.05) is 41.5 Å². The summed E-state index contributed by atoms with van der Waals surface area (Å²) in [5.41, 5.74) is 3.19. The summed E-state index contributed by atoms with van der Waals surface area (Å²) in [5.74, 6) is -0.353. The van der Waals surface area contributed by atoms with E-state index in [0.717, 1.165) is 29.6 Å². The molecule has 1 aliphatic heterocycles. The number of halogens is 4. The zero-order valence-electron chi connectivity index (χ0n) is 16.4. The van der Waals surface area contributed by atoms with Crippen LogP contribution in [0.4, 0.5) is 15.8 Å². The number of hydrogen-bond donors (Lipinski definition) is 1. The maximum absolute atomic E-state index is 13.5. The zero-order valence-corrected chi connectivity index (χ0v) is 18.6. The first-order valence-electron chi connectivity index (χ1n) is 9.77. The van der Waals surface area contributed by atoms with Gasteiger partial charge in [-0.1, -0.05) is 53.0 Å². The number of aromatic nitrogens is 1. The lowest BCUT2D eigenvalue weighted by molar-refractivity contribution is -0.119. The van der Waals surface area contributed by atoms with Gasteiger partial charge in [-0.3, -0.25) is 4.79 Å². The molecule has 1 aliphatic rings. The minimum Gasteiger partial charge on any atom is -0.354 e. The molecule has 1 aromatic heterocycles. The minimum absolute atomic E-state index is 0.0516. The number of nitrogens with one attached hydrogen (secondary N) is 1. The molecule has 31 heavy (non-hydrogen) atoms. The molecule has 4 rings (SSSR count). The normalized spacial score (nSPS) is 18.6. The van der Waals surface area contributed by atoms with Crippen molar-refractivity contribution in [3.63, 3.8) is 0 Å². The number of carbonyl (C=O) groups excluding carboxylic acids is 1. The Labute approximate surface area is 194 Å². The molecule has 1 amide bonds. The van der Waals surface area contributed by atoms with E-state index >= 15 is 0 Å². The highest BCUT2D eigenvalue weighted by Gasteiger charge is 2.34. The average molecular weight is 479 g/mol. The Balaban J connectivity index is 1.79. The minimum atomic E-state index is -0.287. The largest absolute Gasteiger partial charge is 0.354 e. The number of anilines is 2. The lowest BCUT2D eigenvalue weighted by Gasteiger charge is -2.38. The van der Waals surface area contributed by atoms with E-state index in [1.165, 1.54) is 12.1 Å². The van der Waals surface area contributed by atoms with Crippen LogP contribution in [0.25, 0.3) is 0 Å². The van der Waals surface area contributed by atoms with Crippen LogP contribution in [0.2, 0.25) is 15.2 Å². The van der Waals surface area contributed by atoms with Gasteiger partial charge in [-0.2, -0.15) is 0 Å². The number of nitrogens with zero attached hydrogens (tertiary/aromatic N) is 2. The quantitative estimate of drug-likeness (QED) is 0.330. The van der Waals surface area contributed by atoms with Crippen LogP contribution in [0.1, 0.15) is 29.4 Å². The van der Waals surface area contributed by atoms with Gasteiger partial charge in [0.25, 0.3) is 0 Å². The van der Waals surface area contributed by atoms with Crippen LogP contribution in [0.15, 0.2) is 54.7 Å². The standard InChI is InChI=1S/C23H19Cl3FN3O/c24-15-2-1-3-17(10-15)29-22-19(11-28-23(26)21(22)25)20-12-30(13-31)9-8-18(20)14-4-6-16(27)7-5-14/h1-7,10-11,13,18,20H,8-9,12H2,(H,28,29). The van der Waals surface area contributed by atoms with E-state index in [2.05, 4.69) is 10.3 Å². The van der Waals surface area contributed by atoms with Gasteiger partial charge in [-0.15, -0.1) is 0 Å². The van der Waals surface area contributed by atoms with Gasteiger partial charge in [-0.05, 0) is 48.2 Å². The van der Waals surface area contributed by atoms with Crippen LogP contribution in [-0.4, -0.2) is 29.4 Å². The molecule has 2 heterocycles. The number of amides is 1. The van der Waals surface area contributed by atoms with E-state index in [-0.39, 0.29) is 22.8 Å². The van der Waals surface area contributed by atoms with E-state index in [4.69, 9.17) is 34.8 Å². The van der Waals surface area contributed by atoms with Crippen LogP contribution in [0.3, 0.4) is 0 Å². The fraction of sp³-hybridized carbons (Fsp3) is 0.217. The van der Waals surface area contributed by atoms with Gasteiger partial charge >= 0.3 is 0 Å². The summed E-state index contributed by atoms with van der Waals surface area (Å²) in [7, 11) is 0. The second-order valence-corrected chi connectivity index (χ2v) is 8.65. The molecular weight excluding hydrogens is 460 g/mol. The molecular formula is C23H19Cl3FN3O. The van der Waals surface area contributed by atoms with Crippen LogP contribution in [0.5, 0.6) is 0 Å². The lowest BCUT2D eigenvalue weighted by Crippen LogP contribution is -2.37. The van der Waals surface area contributed by atoms with Gasteiger partial charge in [0.15, 0.2) is 0 Å². The topological polar surface area (TPSA) is 45.2 Å². The number of likely N-dealkylation sites (tertiary alicyclic amines) is 1. The Kier molecular flexibility index (Phi) is 6.65. The number of rotatable bonds is 5. The van der Waals surface area contributed by atoms with Gasteiger partial charge in [0.1, 0.15) is 16.0 Å². The van der Waals surface area contributed by atoms with E-state index in [1.807, 2.05) is 12.1 Å². The molecule has 1 fully saturated rings. The molecule has 1 saturated heterocycles. The smallest absolute Gasteiger partial charge is 0.209 e. The molecule has 4 nitrogen and oxygen atoms in total. The molecule has 0 saturated carbocycles. The number of piperidine rings is 1. The zero-order chi connectivity index (χ0) is 22.0. The number of hydrogen-bond acceptors (Lipinski definition) is 3. The van der Waals surface area contributed by atoms with Crippen molar-refractivity contribution in [2.45, 2.75) is 18.3 Å². The van der Waals surface area contributed by atoms with Crippen LogP contribution >= 0.6 is 34.8 Å². The Morgan fingerprint density at radius 3 is 2.58 bits per heavy atom. The summed E-state index contributed by atoms with van der Waals surface area (Å²) in [6.07, 6.45) is 3.27. The molecule has 2 unspecified atom stereocenters. The summed E-state index contributed by atoms with van der Waals surface area (Å²) in [4.78, 5) is 17.5. The third-order valence-corrected chi connectivity index (χ3v) is 6.58. The summed E-state index contributed by atoms with van der Waals surface area (Å²) in [5, 5.41) is 4.38. The Hall–Kier alpha value is -2.34. The molecule has 3 aromatic rings. The first-order valence-corrected chi connectivity index (χ1v) is 10.9. The van der Waals surface area contributed by atoms with Crippen molar-refractivity contribution >= 4 is 52.6 Å².